The zero-order valence-electron chi connectivity index (χ0n) is 11.3. The first-order valence-corrected chi connectivity index (χ1v) is 7.07. The Morgan fingerprint density at radius 2 is 2.20 bits per heavy atom. The molecule has 3 rings (SSSR count). The maximum Gasteiger partial charge on any atom is 0.238 e. The normalized spacial score (nSPS) is 14.3. The molecule has 0 unspecified atom stereocenters. The zero-order chi connectivity index (χ0) is 13.9. The van der Waals surface area contributed by atoms with Gasteiger partial charge in [0.05, 0.1) is 16.9 Å². The van der Waals surface area contributed by atoms with E-state index in [1.165, 1.54) is 12.8 Å². The van der Waals surface area contributed by atoms with Crippen molar-refractivity contribution in [3.8, 4) is 11.6 Å². The van der Waals surface area contributed by atoms with Crippen LogP contribution >= 0.6 is 11.6 Å². The van der Waals surface area contributed by atoms with Crippen molar-refractivity contribution in [2.24, 2.45) is 0 Å². The van der Waals surface area contributed by atoms with Gasteiger partial charge in [-0.15, -0.1) is 0 Å². The van der Waals surface area contributed by atoms with Crippen molar-refractivity contribution in [1.82, 2.24) is 15.3 Å². The van der Waals surface area contributed by atoms with Gasteiger partial charge in [-0.1, -0.05) is 17.7 Å². The third-order valence-electron chi connectivity index (χ3n) is 3.11. The molecule has 1 fully saturated rings. The molecular formula is C15H16ClN3O. The van der Waals surface area contributed by atoms with Gasteiger partial charge in [0.1, 0.15) is 5.75 Å². The molecule has 104 valence electrons. The van der Waals surface area contributed by atoms with E-state index in [4.69, 9.17) is 16.3 Å². The van der Waals surface area contributed by atoms with Gasteiger partial charge in [0.15, 0.2) is 0 Å². The smallest absolute Gasteiger partial charge is 0.238 e. The van der Waals surface area contributed by atoms with Gasteiger partial charge in [-0.25, -0.2) is 4.98 Å². The molecule has 1 aliphatic carbocycles. The van der Waals surface area contributed by atoms with E-state index in [1.807, 2.05) is 25.1 Å². The topological polar surface area (TPSA) is 47.0 Å². The molecule has 1 aromatic carbocycles. The van der Waals surface area contributed by atoms with E-state index < -0.39 is 0 Å². The van der Waals surface area contributed by atoms with Crippen molar-refractivity contribution in [1.29, 1.82) is 0 Å². The Morgan fingerprint density at radius 1 is 1.35 bits per heavy atom. The van der Waals surface area contributed by atoms with Crippen LogP contribution in [0, 0.1) is 6.92 Å². The van der Waals surface area contributed by atoms with Gasteiger partial charge < -0.3 is 10.1 Å². The number of ether oxygens (including phenoxy) is 1. The zero-order valence-corrected chi connectivity index (χ0v) is 12.0. The van der Waals surface area contributed by atoms with Crippen LogP contribution < -0.4 is 10.1 Å². The fourth-order valence-electron chi connectivity index (χ4n) is 1.86. The lowest BCUT2D eigenvalue weighted by Crippen LogP contribution is -2.16. The predicted octanol–water partition coefficient (Wildman–Crippen LogP) is 3.48. The van der Waals surface area contributed by atoms with E-state index in [1.54, 1.807) is 12.4 Å². The highest BCUT2D eigenvalue weighted by molar-refractivity contribution is 6.32. The van der Waals surface area contributed by atoms with Gasteiger partial charge in [0, 0.05) is 18.8 Å². The summed E-state index contributed by atoms with van der Waals surface area (Å²) in [7, 11) is 0. The van der Waals surface area contributed by atoms with Crippen molar-refractivity contribution < 1.29 is 4.74 Å². The Balaban J connectivity index is 1.70. The lowest BCUT2D eigenvalue weighted by atomic mass is 10.2. The Morgan fingerprint density at radius 3 is 2.95 bits per heavy atom. The van der Waals surface area contributed by atoms with E-state index >= 15 is 0 Å². The molecule has 0 amide bonds. The molecule has 0 spiro atoms. The molecule has 1 aromatic heterocycles. The van der Waals surface area contributed by atoms with Crippen LogP contribution in [-0.4, -0.2) is 16.0 Å². The summed E-state index contributed by atoms with van der Waals surface area (Å²) in [5, 5.41) is 3.98. The third-order valence-corrected chi connectivity index (χ3v) is 3.41. The average Bonchev–Trinajstić information content (AvgIpc) is 3.24. The first-order chi connectivity index (χ1) is 9.70. The lowest BCUT2D eigenvalue weighted by Gasteiger charge is -2.08. The van der Waals surface area contributed by atoms with Gasteiger partial charge in [0.25, 0.3) is 0 Å². The molecule has 0 bridgehead atoms. The summed E-state index contributed by atoms with van der Waals surface area (Å²) in [5.41, 5.74) is 1.97. The minimum Gasteiger partial charge on any atom is -0.436 e. The van der Waals surface area contributed by atoms with Crippen LogP contribution in [0.3, 0.4) is 0 Å². The molecular weight excluding hydrogens is 274 g/mol. The molecule has 0 radical (unpaired) electrons. The Hall–Kier alpha value is -1.65. The summed E-state index contributed by atoms with van der Waals surface area (Å²) in [6.45, 7) is 2.70. The molecule has 1 aliphatic rings. The minimum atomic E-state index is 0.464. The number of hydrogen-bond acceptors (Lipinski definition) is 4. The monoisotopic (exact) mass is 289 g/mol. The number of nitrogens with zero attached hydrogens (tertiary/aromatic N) is 2. The van der Waals surface area contributed by atoms with Crippen molar-refractivity contribution in [3.05, 3.63) is 46.9 Å². The molecule has 0 atom stereocenters. The number of aromatic nitrogens is 2. The summed E-state index contributed by atoms with van der Waals surface area (Å²) in [4.78, 5) is 8.58. The molecule has 0 saturated heterocycles. The van der Waals surface area contributed by atoms with Gasteiger partial charge >= 0.3 is 0 Å². The average molecular weight is 290 g/mol. The molecule has 1 heterocycles. The highest BCUT2D eigenvalue weighted by Crippen LogP contribution is 2.29. The highest BCUT2D eigenvalue weighted by Gasteiger charge is 2.20. The maximum atomic E-state index is 6.14. The van der Waals surface area contributed by atoms with Crippen LogP contribution in [0.4, 0.5) is 0 Å². The van der Waals surface area contributed by atoms with E-state index in [0.29, 0.717) is 22.7 Å². The van der Waals surface area contributed by atoms with Crippen LogP contribution in [-0.2, 0) is 6.54 Å². The quantitative estimate of drug-likeness (QED) is 0.915. The molecule has 20 heavy (non-hydrogen) atoms. The standard InChI is InChI=1S/C15H16ClN3O/c1-10-2-5-14(13(16)6-10)20-15-9-17-7-12(19-15)8-18-11-3-4-11/h2,5-7,9,11,18H,3-4,8H2,1H3. The summed E-state index contributed by atoms with van der Waals surface area (Å²) in [6.07, 6.45) is 5.85. The minimum absolute atomic E-state index is 0.464. The Labute approximate surface area is 123 Å². The van der Waals surface area contributed by atoms with Gasteiger partial charge in [-0.2, -0.15) is 0 Å². The van der Waals surface area contributed by atoms with E-state index in [-0.39, 0.29) is 0 Å². The fraction of sp³-hybridized carbons (Fsp3) is 0.333. The number of hydrogen-bond donors (Lipinski definition) is 1. The van der Waals surface area contributed by atoms with Crippen molar-refractivity contribution in [2.75, 3.05) is 0 Å². The second-order valence-corrected chi connectivity index (χ2v) is 5.45. The number of aryl methyl sites for hydroxylation is 1. The summed E-state index contributed by atoms with van der Waals surface area (Å²) >= 11 is 6.14. The van der Waals surface area contributed by atoms with Crippen molar-refractivity contribution >= 4 is 11.6 Å². The molecule has 2 aromatic rings. The Kier molecular flexibility index (Phi) is 3.85. The SMILES string of the molecule is Cc1ccc(Oc2cncc(CNC3CC3)n2)c(Cl)c1. The predicted molar refractivity (Wildman–Crippen MR) is 78.2 cm³/mol. The van der Waals surface area contributed by atoms with Gasteiger partial charge in [0.2, 0.25) is 5.88 Å². The first-order valence-electron chi connectivity index (χ1n) is 6.69. The first kappa shape index (κ1) is 13.3. The number of halogens is 1. The van der Waals surface area contributed by atoms with Crippen LogP contribution in [0.2, 0.25) is 5.02 Å². The summed E-state index contributed by atoms with van der Waals surface area (Å²) < 4.78 is 5.69. The van der Waals surface area contributed by atoms with Gasteiger partial charge in [-0.3, -0.25) is 4.98 Å². The molecule has 5 heteroatoms. The Bertz CT molecular complexity index is 614. The lowest BCUT2D eigenvalue weighted by molar-refractivity contribution is 0.456. The largest absolute Gasteiger partial charge is 0.436 e. The fourth-order valence-corrected chi connectivity index (χ4v) is 2.13. The molecule has 4 nitrogen and oxygen atoms in total. The van der Waals surface area contributed by atoms with Gasteiger partial charge in [-0.05, 0) is 37.5 Å². The van der Waals surface area contributed by atoms with Crippen LogP contribution in [0.5, 0.6) is 11.6 Å². The molecule has 1 N–H and O–H groups in total. The highest BCUT2D eigenvalue weighted by atomic mass is 35.5. The van der Waals surface area contributed by atoms with E-state index in [9.17, 15) is 0 Å². The molecule has 1 saturated carbocycles. The number of nitrogens with one attached hydrogen (secondary N) is 1. The second kappa shape index (κ2) is 5.77. The van der Waals surface area contributed by atoms with E-state index in [0.717, 1.165) is 17.8 Å². The van der Waals surface area contributed by atoms with Crippen LogP contribution in [0.15, 0.2) is 30.6 Å². The number of rotatable bonds is 5. The van der Waals surface area contributed by atoms with Crippen molar-refractivity contribution in [2.45, 2.75) is 32.4 Å². The number of benzene rings is 1. The van der Waals surface area contributed by atoms with Crippen LogP contribution in [0.1, 0.15) is 24.1 Å². The third kappa shape index (κ3) is 3.46. The van der Waals surface area contributed by atoms with Crippen molar-refractivity contribution in [3.63, 3.8) is 0 Å². The maximum absolute atomic E-state index is 6.14. The summed E-state index contributed by atoms with van der Waals surface area (Å²) in [6, 6.07) is 6.30. The molecule has 0 aliphatic heterocycles. The van der Waals surface area contributed by atoms with Crippen LogP contribution in [0.25, 0.3) is 0 Å². The van der Waals surface area contributed by atoms with E-state index in [2.05, 4.69) is 15.3 Å². The summed E-state index contributed by atoms with van der Waals surface area (Å²) in [5.74, 6) is 1.06. The second-order valence-electron chi connectivity index (χ2n) is 5.04.